The number of fused-ring (bicyclic) bond motifs is 1. The summed E-state index contributed by atoms with van der Waals surface area (Å²) < 4.78 is 10.6. The Balaban J connectivity index is 1.64. The van der Waals surface area contributed by atoms with E-state index in [9.17, 15) is 29.7 Å². The number of anilines is 1. The highest BCUT2D eigenvalue weighted by Crippen LogP contribution is 2.36. The number of aromatic hydroxyl groups is 3. The minimum atomic E-state index is -1.40. The standard InChI is InChI=1S/C25H19NO8/c1-13-9-21(29)33-20-12-16(7-8-17(13)20)26-24(31)23(14-5-3-2-4-6-14)34-25(32)15-10-18(27)22(30)19(28)11-15/h2-12,23,27-28,30H,1H3,(H,26,31). The number of rotatable bonds is 5. The quantitative estimate of drug-likeness (QED) is 0.200. The van der Waals surface area contributed by atoms with E-state index in [4.69, 9.17) is 9.15 Å². The first-order chi connectivity index (χ1) is 16.2. The van der Waals surface area contributed by atoms with Gasteiger partial charge >= 0.3 is 11.6 Å². The number of carbonyl (C=O) groups excluding carboxylic acids is 2. The van der Waals surface area contributed by atoms with E-state index in [0.29, 0.717) is 16.6 Å². The van der Waals surface area contributed by atoms with Gasteiger partial charge in [-0.05, 0) is 36.8 Å². The van der Waals surface area contributed by atoms with Crippen molar-refractivity contribution in [3.63, 3.8) is 0 Å². The summed E-state index contributed by atoms with van der Waals surface area (Å²) in [6.45, 7) is 1.77. The van der Waals surface area contributed by atoms with Crippen molar-refractivity contribution in [1.29, 1.82) is 0 Å². The number of hydrogen-bond acceptors (Lipinski definition) is 8. The van der Waals surface area contributed by atoms with Crippen LogP contribution in [0.1, 0.15) is 27.6 Å². The van der Waals surface area contributed by atoms with Crippen LogP contribution in [-0.4, -0.2) is 27.2 Å². The van der Waals surface area contributed by atoms with Crippen LogP contribution in [0.15, 0.2) is 75.9 Å². The molecule has 0 spiro atoms. The van der Waals surface area contributed by atoms with Crippen LogP contribution in [0.3, 0.4) is 0 Å². The van der Waals surface area contributed by atoms with Crippen LogP contribution < -0.4 is 10.9 Å². The highest BCUT2D eigenvalue weighted by atomic mass is 16.5. The fourth-order valence-electron chi connectivity index (χ4n) is 3.41. The Morgan fingerprint density at radius 3 is 2.29 bits per heavy atom. The third-order valence-electron chi connectivity index (χ3n) is 5.09. The molecule has 1 aromatic heterocycles. The lowest BCUT2D eigenvalue weighted by molar-refractivity contribution is -0.125. The van der Waals surface area contributed by atoms with Crippen molar-refractivity contribution in [1.82, 2.24) is 0 Å². The third-order valence-corrected chi connectivity index (χ3v) is 5.09. The van der Waals surface area contributed by atoms with Crippen LogP contribution in [0.5, 0.6) is 17.2 Å². The van der Waals surface area contributed by atoms with Gasteiger partial charge in [0, 0.05) is 28.8 Å². The Bertz CT molecular complexity index is 1440. The Hall–Kier alpha value is -4.79. The Labute approximate surface area is 192 Å². The summed E-state index contributed by atoms with van der Waals surface area (Å²) >= 11 is 0. The average molecular weight is 461 g/mol. The van der Waals surface area contributed by atoms with E-state index in [0.717, 1.165) is 17.7 Å². The van der Waals surface area contributed by atoms with E-state index in [2.05, 4.69) is 5.32 Å². The molecule has 1 unspecified atom stereocenters. The maximum absolute atomic E-state index is 13.1. The number of amides is 1. The second kappa shape index (κ2) is 8.99. The summed E-state index contributed by atoms with van der Waals surface area (Å²) in [5.41, 5.74) is 0.882. The number of phenolic OH excluding ortho intramolecular Hbond substituents is 3. The monoisotopic (exact) mass is 461 g/mol. The predicted octanol–water partition coefficient (Wildman–Crippen LogP) is 3.76. The van der Waals surface area contributed by atoms with Gasteiger partial charge in [-0.25, -0.2) is 9.59 Å². The van der Waals surface area contributed by atoms with Gasteiger partial charge in [-0.2, -0.15) is 0 Å². The van der Waals surface area contributed by atoms with Crippen molar-refractivity contribution in [2.24, 2.45) is 0 Å². The van der Waals surface area contributed by atoms with E-state index in [-0.39, 0.29) is 11.1 Å². The summed E-state index contributed by atoms with van der Waals surface area (Å²) in [5.74, 6) is -3.94. The lowest BCUT2D eigenvalue weighted by Crippen LogP contribution is -2.26. The van der Waals surface area contributed by atoms with Crippen molar-refractivity contribution >= 4 is 28.5 Å². The number of benzene rings is 3. The molecule has 0 aliphatic heterocycles. The molecule has 1 amide bonds. The molecule has 1 heterocycles. The van der Waals surface area contributed by atoms with Crippen LogP contribution in [-0.2, 0) is 9.53 Å². The smallest absolute Gasteiger partial charge is 0.339 e. The Morgan fingerprint density at radius 1 is 0.941 bits per heavy atom. The van der Waals surface area contributed by atoms with Gasteiger partial charge in [0.2, 0.25) is 6.10 Å². The van der Waals surface area contributed by atoms with Crippen LogP contribution in [0.25, 0.3) is 11.0 Å². The highest BCUT2D eigenvalue weighted by Gasteiger charge is 2.27. The molecule has 9 nitrogen and oxygen atoms in total. The molecule has 4 rings (SSSR count). The topological polar surface area (TPSA) is 146 Å². The fraction of sp³-hybridized carbons (Fsp3) is 0.0800. The average Bonchev–Trinajstić information content (AvgIpc) is 2.80. The summed E-state index contributed by atoms with van der Waals surface area (Å²) in [7, 11) is 0. The number of aryl methyl sites for hydroxylation is 1. The number of ether oxygens (including phenoxy) is 1. The molecule has 1 atom stereocenters. The van der Waals surface area contributed by atoms with Crippen molar-refractivity contribution in [2.75, 3.05) is 5.32 Å². The molecule has 0 saturated carbocycles. The number of esters is 1. The first-order valence-electron chi connectivity index (χ1n) is 10.1. The molecule has 4 N–H and O–H groups in total. The number of phenols is 3. The zero-order valence-corrected chi connectivity index (χ0v) is 17.8. The molecular formula is C25H19NO8. The van der Waals surface area contributed by atoms with Crippen LogP contribution >= 0.6 is 0 Å². The van der Waals surface area contributed by atoms with Crippen LogP contribution in [0, 0.1) is 6.92 Å². The van der Waals surface area contributed by atoms with E-state index < -0.39 is 40.9 Å². The van der Waals surface area contributed by atoms with E-state index in [1.165, 1.54) is 12.1 Å². The van der Waals surface area contributed by atoms with Gasteiger partial charge in [-0.3, -0.25) is 4.79 Å². The zero-order chi connectivity index (χ0) is 24.4. The second-order valence-corrected chi connectivity index (χ2v) is 7.51. The Morgan fingerprint density at radius 2 is 1.62 bits per heavy atom. The SMILES string of the molecule is Cc1cc(=O)oc2cc(NC(=O)C(OC(=O)c3cc(O)c(O)c(O)c3)c3ccccc3)ccc12. The van der Waals surface area contributed by atoms with E-state index >= 15 is 0 Å². The molecule has 9 heteroatoms. The summed E-state index contributed by atoms with van der Waals surface area (Å²) in [4.78, 5) is 37.5. The maximum atomic E-state index is 13.1. The molecule has 0 radical (unpaired) electrons. The van der Waals surface area contributed by atoms with Gasteiger partial charge in [-0.1, -0.05) is 30.3 Å². The maximum Gasteiger partial charge on any atom is 0.339 e. The molecule has 172 valence electrons. The Kier molecular flexibility index (Phi) is 5.92. The molecular weight excluding hydrogens is 442 g/mol. The highest BCUT2D eigenvalue weighted by molar-refractivity contribution is 5.99. The zero-order valence-electron chi connectivity index (χ0n) is 17.8. The van der Waals surface area contributed by atoms with Crippen molar-refractivity contribution in [3.05, 3.63) is 93.8 Å². The van der Waals surface area contributed by atoms with Crippen molar-refractivity contribution in [2.45, 2.75) is 13.0 Å². The molecule has 0 saturated heterocycles. The third kappa shape index (κ3) is 4.53. The van der Waals surface area contributed by atoms with Gasteiger partial charge in [0.1, 0.15) is 5.58 Å². The first-order valence-corrected chi connectivity index (χ1v) is 10.1. The van der Waals surface area contributed by atoms with Gasteiger partial charge in [0.25, 0.3) is 5.91 Å². The molecule has 0 aliphatic carbocycles. The first kappa shape index (κ1) is 22.4. The second-order valence-electron chi connectivity index (χ2n) is 7.51. The van der Waals surface area contributed by atoms with Crippen molar-refractivity contribution in [3.8, 4) is 17.2 Å². The van der Waals surface area contributed by atoms with Gasteiger partial charge < -0.3 is 29.8 Å². The summed E-state index contributed by atoms with van der Waals surface area (Å²) in [6.07, 6.45) is -1.40. The molecule has 0 aliphatic rings. The summed E-state index contributed by atoms with van der Waals surface area (Å²) in [6, 6.07) is 16.2. The number of nitrogens with one attached hydrogen (secondary N) is 1. The predicted molar refractivity (Wildman–Crippen MR) is 122 cm³/mol. The minimum absolute atomic E-state index is 0.274. The van der Waals surface area contributed by atoms with Crippen LogP contribution in [0.4, 0.5) is 5.69 Å². The number of hydrogen-bond donors (Lipinski definition) is 4. The normalized spacial score (nSPS) is 11.7. The van der Waals surface area contributed by atoms with Gasteiger partial charge in [-0.15, -0.1) is 0 Å². The largest absolute Gasteiger partial charge is 0.504 e. The van der Waals surface area contributed by atoms with Crippen LogP contribution in [0.2, 0.25) is 0 Å². The number of carbonyl (C=O) groups is 2. The summed E-state index contributed by atoms with van der Waals surface area (Å²) in [5, 5.41) is 32.2. The minimum Gasteiger partial charge on any atom is -0.504 e. The molecule has 34 heavy (non-hydrogen) atoms. The molecule has 0 bridgehead atoms. The molecule has 4 aromatic rings. The fourth-order valence-corrected chi connectivity index (χ4v) is 3.41. The van der Waals surface area contributed by atoms with Crippen molar-refractivity contribution < 1.29 is 34.1 Å². The van der Waals surface area contributed by atoms with Gasteiger partial charge in [0.05, 0.1) is 5.56 Å². The molecule has 3 aromatic carbocycles. The lowest BCUT2D eigenvalue weighted by atomic mass is 10.1. The van der Waals surface area contributed by atoms with E-state index in [1.807, 2.05) is 0 Å². The molecule has 0 fully saturated rings. The van der Waals surface area contributed by atoms with Gasteiger partial charge in [0.15, 0.2) is 17.2 Å². The lowest BCUT2D eigenvalue weighted by Gasteiger charge is -2.18. The van der Waals surface area contributed by atoms with E-state index in [1.54, 1.807) is 49.4 Å².